The van der Waals surface area contributed by atoms with E-state index < -0.39 is 0 Å². The Kier molecular flexibility index (Phi) is 5.16. The smallest absolute Gasteiger partial charge is 0.251 e. The largest absolute Gasteiger partial charge is 0.488 e. The molecule has 0 saturated carbocycles. The fourth-order valence-electron chi connectivity index (χ4n) is 1.41. The Labute approximate surface area is 108 Å². The minimum atomic E-state index is -0.245. The van der Waals surface area contributed by atoms with Crippen molar-refractivity contribution in [1.29, 1.82) is 0 Å². The molecule has 0 atom stereocenters. The van der Waals surface area contributed by atoms with Crippen LogP contribution in [0, 0.1) is 0 Å². The number of carbonyl (C=O) groups is 1. The summed E-state index contributed by atoms with van der Waals surface area (Å²) in [5.74, 6) is 0.611. The second-order valence-corrected chi connectivity index (χ2v) is 5.07. The summed E-state index contributed by atoms with van der Waals surface area (Å²) >= 11 is 0. The second kappa shape index (κ2) is 6.40. The monoisotopic (exact) mass is 251 g/mol. The first-order chi connectivity index (χ1) is 8.42. The number of aliphatic hydroxyl groups excluding tert-OH is 1. The molecule has 0 heterocycles. The van der Waals surface area contributed by atoms with Crippen LogP contribution < -0.4 is 10.1 Å². The average molecular weight is 251 g/mol. The number of benzene rings is 1. The van der Waals surface area contributed by atoms with E-state index >= 15 is 0 Å². The number of aliphatic hydroxyl groups is 1. The molecular formula is C14H21NO3. The van der Waals surface area contributed by atoms with Crippen LogP contribution >= 0.6 is 0 Å². The lowest BCUT2D eigenvalue weighted by Gasteiger charge is -2.21. The van der Waals surface area contributed by atoms with E-state index in [0.29, 0.717) is 18.5 Å². The van der Waals surface area contributed by atoms with Crippen LogP contribution in [0.15, 0.2) is 24.3 Å². The summed E-state index contributed by atoms with van der Waals surface area (Å²) in [6, 6.07) is 7.03. The van der Waals surface area contributed by atoms with Gasteiger partial charge >= 0.3 is 0 Å². The molecule has 4 heteroatoms. The summed E-state index contributed by atoms with van der Waals surface area (Å²) in [5, 5.41) is 11.4. The molecule has 0 spiro atoms. The Morgan fingerprint density at radius 1 is 1.28 bits per heavy atom. The average Bonchev–Trinajstić information content (AvgIpc) is 2.28. The van der Waals surface area contributed by atoms with E-state index in [2.05, 4.69) is 5.32 Å². The maximum atomic E-state index is 11.7. The first kappa shape index (κ1) is 14.5. The molecule has 0 aliphatic carbocycles. The molecule has 0 fully saturated rings. The van der Waals surface area contributed by atoms with Crippen LogP contribution in [0.5, 0.6) is 5.75 Å². The van der Waals surface area contributed by atoms with Crippen molar-refractivity contribution in [3.05, 3.63) is 29.8 Å². The fourth-order valence-corrected chi connectivity index (χ4v) is 1.41. The third-order valence-electron chi connectivity index (χ3n) is 2.16. The molecule has 0 unspecified atom stereocenters. The summed E-state index contributed by atoms with van der Waals surface area (Å²) in [5.41, 5.74) is 0.347. The first-order valence-corrected chi connectivity index (χ1v) is 6.10. The molecule has 18 heavy (non-hydrogen) atoms. The standard InChI is InChI=1S/C14H21NO3/c1-14(2,3)18-12-7-5-11(6-8-12)13(17)15-9-4-10-16/h5-8,16H,4,9-10H2,1-3H3,(H,15,17). The maximum Gasteiger partial charge on any atom is 0.251 e. The molecular weight excluding hydrogens is 230 g/mol. The summed E-state index contributed by atoms with van der Waals surface area (Å²) < 4.78 is 5.67. The molecule has 0 aliphatic heterocycles. The van der Waals surface area contributed by atoms with Gasteiger partial charge in [0, 0.05) is 18.7 Å². The van der Waals surface area contributed by atoms with Crippen molar-refractivity contribution in [3.63, 3.8) is 0 Å². The van der Waals surface area contributed by atoms with E-state index in [1.165, 1.54) is 0 Å². The summed E-state index contributed by atoms with van der Waals surface area (Å²) in [4.78, 5) is 11.7. The Hall–Kier alpha value is -1.55. The zero-order chi connectivity index (χ0) is 13.6. The van der Waals surface area contributed by atoms with E-state index in [4.69, 9.17) is 9.84 Å². The predicted octanol–water partition coefficient (Wildman–Crippen LogP) is 1.98. The number of ether oxygens (including phenoxy) is 1. The third kappa shape index (κ3) is 5.19. The first-order valence-electron chi connectivity index (χ1n) is 6.10. The van der Waals surface area contributed by atoms with Crippen molar-refractivity contribution in [2.24, 2.45) is 0 Å². The van der Waals surface area contributed by atoms with Crippen molar-refractivity contribution in [1.82, 2.24) is 5.32 Å². The topological polar surface area (TPSA) is 58.6 Å². The maximum absolute atomic E-state index is 11.7. The molecule has 1 aromatic rings. The highest BCUT2D eigenvalue weighted by atomic mass is 16.5. The minimum Gasteiger partial charge on any atom is -0.488 e. The Bertz CT molecular complexity index is 379. The quantitative estimate of drug-likeness (QED) is 0.787. The van der Waals surface area contributed by atoms with Gasteiger partial charge in [0.25, 0.3) is 5.91 Å². The van der Waals surface area contributed by atoms with Gasteiger partial charge in [0.2, 0.25) is 0 Å². The van der Waals surface area contributed by atoms with Gasteiger partial charge in [0.1, 0.15) is 11.4 Å². The SMILES string of the molecule is CC(C)(C)Oc1ccc(C(=O)NCCCO)cc1. The van der Waals surface area contributed by atoms with Gasteiger partial charge < -0.3 is 15.2 Å². The molecule has 0 bridgehead atoms. The highest BCUT2D eigenvalue weighted by Crippen LogP contribution is 2.18. The molecule has 0 aliphatic rings. The van der Waals surface area contributed by atoms with Crippen molar-refractivity contribution in [2.45, 2.75) is 32.8 Å². The van der Waals surface area contributed by atoms with E-state index in [9.17, 15) is 4.79 Å². The molecule has 0 radical (unpaired) electrons. The van der Waals surface area contributed by atoms with Gasteiger partial charge in [-0.15, -0.1) is 0 Å². The van der Waals surface area contributed by atoms with Crippen LogP contribution in [0.3, 0.4) is 0 Å². The zero-order valence-corrected chi connectivity index (χ0v) is 11.2. The summed E-state index contributed by atoms with van der Waals surface area (Å²) in [6.07, 6.45) is 0.566. The van der Waals surface area contributed by atoms with E-state index in [1.54, 1.807) is 24.3 Å². The number of rotatable bonds is 5. The Morgan fingerprint density at radius 3 is 2.39 bits per heavy atom. The molecule has 0 saturated heterocycles. The lowest BCUT2D eigenvalue weighted by atomic mass is 10.1. The number of hydrogen-bond acceptors (Lipinski definition) is 3. The van der Waals surface area contributed by atoms with Gasteiger partial charge in [-0.3, -0.25) is 4.79 Å². The lowest BCUT2D eigenvalue weighted by Crippen LogP contribution is -2.25. The molecule has 4 nitrogen and oxygen atoms in total. The normalized spacial score (nSPS) is 11.1. The van der Waals surface area contributed by atoms with E-state index in [-0.39, 0.29) is 18.1 Å². The van der Waals surface area contributed by atoms with Crippen LogP contribution in [0.4, 0.5) is 0 Å². The summed E-state index contributed by atoms with van der Waals surface area (Å²) in [6.45, 7) is 6.49. The van der Waals surface area contributed by atoms with Gasteiger partial charge in [0.15, 0.2) is 0 Å². The fraction of sp³-hybridized carbons (Fsp3) is 0.500. The third-order valence-corrected chi connectivity index (χ3v) is 2.16. The number of hydrogen-bond donors (Lipinski definition) is 2. The molecule has 1 amide bonds. The summed E-state index contributed by atoms with van der Waals surface area (Å²) in [7, 11) is 0. The number of amides is 1. The predicted molar refractivity (Wildman–Crippen MR) is 70.9 cm³/mol. The van der Waals surface area contributed by atoms with Gasteiger partial charge in [-0.05, 0) is 51.5 Å². The molecule has 1 aromatic carbocycles. The van der Waals surface area contributed by atoms with Gasteiger partial charge in [0.05, 0.1) is 0 Å². The van der Waals surface area contributed by atoms with Crippen molar-refractivity contribution in [3.8, 4) is 5.75 Å². The van der Waals surface area contributed by atoms with Crippen LogP contribution in [0.1, 0.15) is 37.6 Å². The highest BCUT2D eigenvalue weighted by Gasteiger charge is 2.12. The second-order valence-electron chi connectivity index (χ2n) is 5.07. The van der Waals surface area contributed by atoms with Crippen molar-refractivity contribution >= 4 is 5.91 Å². The number of nitrogens with one attached hydrogen (secondary N) is 1. The molecule has 100 valence electrons. The van der Waals surface area contributed by atoms with Gasteiger partial charge in [-0.25, -0.2) is 0 Å². The lowest BCUT2D eigenvalue weighted by molar-refractivity contribution is 0.0951. The van der Waals surface area contributed by atoms with Crippen molar-refractivity contribution < 1.29 is 14.6 Å². The Balaban J connectivity index is 2.57. The van der Waals surface area contributed by atoms with Crippen LogP contribution in [0.2, 0.25) is 0 Å². The van der Waals surface area contributed by atoms with Crippen LogP contribution in [-0.2, 0) is 0 Å². The van der Waals surface area contributed by atoms with Gasteiger partial charge in [-0.2, -0.15) is 0 Å². The molecule has 0 aromatic heterocycles. The minimum absolute atomic E-state index is 0.0820. The highest BCUT2D eigenvalue weighted by molar-refractivity contribution is 5.94. The van der Waals surface area contributed by atoms with Crippen LogP contribution in [-0.4, -0.2) is 29.8 Å². The van der Waals surface area contributed by atoms with Crippen molar-refractivity contribution in [2.75, 3.05) is 13.2 Å². The number of carbonyl (C=O) groups excluding carboxylic acids is 1. The zero-order valence-electron chi connectivity index (χ0n) is 11.2. The Morgan fingerprint density at radius 2 is 1.89 bits per heavy atom. The molecule has 2 N–H and O–H groups in total. The van der Waals surface area contributed by atoms with E-state index in [0.717, 1.165) is 5.75 Å². The van der Waals surface area contributed by atoms with Crippen LogP contribution in [0.25, 0.3) is 0 Å². The molecule has 1 rings (SSSR count). The van der Waals surface area contributed by atoms with Gasteiger partial charge in [-0.1, -0.05) is 0 Å². The van der Waals surface area contributed by atoms with E-state index in [1.807, 2.05) is 20.8 Å².